The van der Waals surface area contributed by atoms with Crippen molar-refractivity contribution in [2.75, 3.05) is 33.6 Å². The van der Waals surface area contributed by atoms with Crippen LogP contribution < -0.4 is 14.8 Å². The molecule has 0 spiro atoms. The van der Waals surface area contributed by atoms with Crippen molar-refractivity contribution in [1.82, 2.24) is 4.90 Å². The predicted octanol–water partition coefficient (Wildman–Crippen LogP) is 2.97. The number of anilines is 1. The van der Waals surface area contributed by atoms with Crippen molar-refractivity contribution in [2.24, 2.45) is 0 Å². The number of hydrogen-bond donors (Lipinski definition) is 1. The second-order valence-electron chi connectivity index (χ2n) is 5.76. The molecule has 0 heterocycles. The number of carbonyl (C=O) groups is 2. The highest BCUT2D eigenvalue weighted by Crippen LogP contribution is 2.30. The topological polar surface area (TPSA) is 67.9 Å². The van der Waals surface area contributed by atoms with Crippen LogP contribution in [0.5, 0.6) is 11.5 Å². The van der Waals surface area contributed by atoms with E-state index in [9.17, 15) is 9.59 Å². The highest BCUT2D eigenvalue weighted by Gasteiger charge is 2.15. The Morgan fingerprint density at radius 2 is 1.64 bits per heavy atom. The number of benzene rings is 2. The predicted molar refractivity (Wildman–Crippen MR) is 96.7 cm³/mol. The molecule has 2 amide bonds. The van der Waals surface area contributed by atoms with Gasteiger partial charge in [-0.2, -0.15) is 0 Å². The molecule has 0 aliphatic heterocycles. The number of nitrogens with zero attached hydrogens (tertiary/aromatic N) is 1. The number of hydrogen-bond acceptors (Lipinski definition) is 4. The molecular formula is C19H22N2O4. The summed E-state index contributed by atoms with van der Waals surface area (Å²) in [7, 11) is 6.43. The third-order valence-electron chi connectivity index (χ3n) is 3.75. The largest absolute Gasteiger partial charge is 0.493 e. The van der Waals surface area contributed by atoms with Crippen LogP contribution in [0.4, 0.5) is 5.69 Å². The molecule has 0 saturated heterocycles. The fourth-order valence-corrected chi connectivity index (χ4v) is 2.41. The van der Waals surface area contributed by atoms with Crippen LogP contribution in [0.25, 0.3) is 0 Å². The van der Waals surface area contributed by atoms with Gasteiger partial charge in [-0.1, -0.05) is 6.07 Å². The maximum atomic E-state index is 12.6. The summed E-state index contributed by atoms with van der Waals surface area (Å²) in [6.45, 7) is 1.82. The number of amides is 2. The maximum absolute atomic E-state index is 12.6. The van der Waals surface area contributed by atoms with E-state index in [-0.39, 0.29) is 11.8 Å². The Morgan fingerprint density at radius 3 is 2.24 bits per heavy atom. The number of carbonyl (C=O) groups excluding carboxylic acids is 2. The lowest BCUT2D eigenvalue weighted by Crippen LogP contribution is -2.22. The van der Waals surface area contributed by atoms with E-state index >= 15 is 0 Å². The van der Waals surface area contributed by atoms with Crippen molar-refractivity contribution in [3.63, 3.8) is 0 Å². The van der Waals surface area contributed by atoms with Crippen LogP contribution in [-0.2, 0) is 0 Å². The normalized spacial score (nSPS) is 10.1. The average molecular weight is 342 g/mol. The van der Waals surface area contributed by atoms with E-state index in [1.54, 1.807) is 57.6 Å². The molecule has 132 valence electrons. The molecule has 0 aliphatic rings. The molecule has 0 fully saturated rings. The Hall–Kier alpha value is -3.02. The minimum Gasteiger partial charge on any atom is -0.493 e. The molecule has 0 aromatic heterocycles. The second-order valence-corrected chi connectivity index (χ2v) is 5.76. The highest BCUT2D eigenvalue weighted by molar-refractivity contribution is 6.06. The smallest absolute Gasteiger partial charge is 0.256 e. The minimum atomic E-state index is -0.284. The molecule has 0 aliphatic carbocycles. The van der Waals surface area contributed by atoms with Crippen LogP contribution in [0.2, 0.25) is 0 Å². The first kappa shape index (κ1) is 18.3. The quantitative estimate of drug-likeness (QED) is 0.907. The molecule has 2 rings (SSSR count). The van der Waals surface area contributed by atoms with Crippen LogP contribution >= 0.6 is 0 Å². The fourth-order valence-electron chi connectivity index (χ4n) is 2.41. The summed E-state index contributed by atoms with van der Waals surface area (Å²) in [5, 5.41) is 2.82. The van der Waals surface area contributed by atoms with Gasteiger partial charge in [-0.15, -0.1) is 0 Å². The molecule has 0 bridgehead atoms. The summed E-state index contributed by atoms with van der Waals surface area (Å²) in [4.78, 5) is 26.1. The molecule has 6 nitrogen and oxygen atoms in total. The molecule has 0 atom stereocenters. The van der Waals surface area contributed by atoms with Crippen LogP contribution in [0.3, 0.4) is 0 Å². The van der Waals surface area contributed by atoms with E-state index < -0.39 is 0 Å². The van der Waals surface area contributed by atoms with Crippen LogP contribution in [-0.4, -0.2) is 45.0 Å². The molecule has 6 heteroatoms. The summed E-state index contributed by atoms with van der Waals surface area (Å²) >= 11 is 0. The third kappa shape index (κ3) is 4.09. The third-order valence-corrected chi connectivity index (χ3v) is 3.75. The number of methoxy groups -OCH3 is 2. The fraction of sp³-hybridized carbons (Fsp3) is 0.263. The monoisotopic (exact) mass is 342 g/mol. The van der Waals surface area contributed by atoms with Crippen LogP contribution in [0, 0.1) is 6.92 Å². The lowest BCUT2D eigenvalue weighted by atomic mass is 10.1. The first-order valence-corrected chi connectivity index (χ1v) is 7.73. The van der Waals surface area contributed by atoms with Gasteiger partial charge in [-0.25, -0.2) is 0 Å². The van der Waals surface area contributed by atoms with Crippen LogP contribution in [0.1, 0.15) is 26.3 Å². The summed E-state index contributed by atoms with van der Waals surface area (Å²) in [6, 6.07) is 10.2. The molecular weight excluding hydrogens is 320 g/mol. The van der Waals surface area contributed by atoms with E-state index in [0.29, 0.717) is 28.3 Å². The van der Waals surface area contributed by atoms with Crippen molar-refractivity contribution in [1.29, 1.82) is 0 Å². The van der Waals surface area contributed by atoms with Crippen molar-refractivity contribution in [3.8, 4) is 11.5 Å². The molecule has 1 N–H and O–H groups in total. The number of aryl methyl sites for hydroxylation is 1. The van der Waals surface area contributed by atoms with Gasteiger partial charge < -0.3 is 19.7 Å². The van der Waals surface area contributed by atoms with Gasteiger partial charge in [0.2, 0.25) is 0 Å². The van der Waals surface area contributed by atoms with Gasteiger partial charge in [0.15, 0.2) is 11.5 Å². The molecule has 0 radical (unpaired) electrons. The number of rotatable bonds is 5. The molecule has 0 unspecified atom stereocenters. The van der Waals surface area contributed by atoms with Crippen molar-refractivity contribution < 1.29 is 19.1 Å². The van der Waals surface area contributed by atoms with Gasteiger partial charge in [0.25, 0.3) is 11.8 Å². The zero-order chi connectivity index (χ0) is 18.6. The van der Waals surface area contributed by atoms with E-state index in [1.807, 2.05) is 6.92 Å². The van der Waals surface area contributed by atoms with Gasteiger partial charge in [-0.05, 0) is 42.8 Å². The summed E-state index contributed by atoms with van der Waals surface area (Å²) in [5.41, 5.74) is 2.29. The minimum absolute atomic E-state index is 0.126. The zero-order valence-corrected chi connectivity index (χ0v) is 15.0. The van der Waals surface area contributed by atoms with E-state index in [4.69, 9.17) is 9.47 Å². The van der Waals surface area contributed by atoms with E-state index in [2.05, 4.69) is 5.32 Å². The maximum Gasteiger partial charge on any atom is 0.256 e. The number of nitrogens with one attached hydrogen (secondary N) is 1. The standard InChI is InChI=1S/C19H22N2O4/c1-12-9-16(24-4)17(25-5)11-15(12)18(22)20-14-8-6-7-13(10-14)19(23)21(2)3/h6-11H,1-5H3,(H,20,22). The summed E-state index contributed by atoms with van der Waals surface area (Å²) in [6.07, 6.45) is 0. The Bertz CT molecular complexity index is 800. The van der Waals surface area contributed by atoms with Gasteiger partial charge in [0.05, 0.1) is 14.2 Å². The van der Waals surface area contributed by atoms with E-state index in [1.165, 1.54) is 12.0 Å². The van der Waals surface area contributed by atoms with Crippen molar-refractivity contribution >= 4 is 17.5 Å². The molecule has 2 aromatic carbocycles. The lowest BCUT2D eigenvalue weighted by molar-refractivity contribution is 0.0827. The first-order valence-electron chi connectivity index (χ1n) is 7.73. The molecule has 25 heavy (non-hydrogen) atoms. The molecule has 2 aromatic rings. The summed E-state index contributed by atoms with van der Waals surface area (Å²) in [5.74, 6) is 0.635. The first-order chi connectivity index (χ1) is 11.9. The lowest BCUT2D eigenvalue weighted by Gasteiger charge is -2.14. The van der Waals surface area contributed by atoms with Gasteiger partial charge >= 0.3 is 0 Å². The Morgan fingerprint density at radius 1 is 1.00 bits per heavy atom. The summed E-state index contributed by atoms with van der Waals surface area (Å²) < 4.78 is 10.5. The number of ether oxygens (including phenoxy) is 2. The molecule has 0 saturated carbocycles. The zero-order valence-electron chi connectivity index (χ0n) is 15.0. The van der Waals surface area contributed by atoms with Crippen LogP contribution in [0.15, 0.2) is 36.4 Å². The second kappa shape index (κ2) is 7.70. The van der Waals surface area contributed by atoms with E-state index in [0.717, 1.165) is 5.56 Å². The highest BCUT2D eigenvalue weighted by atomic mass is 16.5. The average Bonchev–Trinajstić information content (AvgIpc) is 2.60. The van der Waals surface area contributed by atoms with Gasteiger partial charge in [-0.3, -0.25) is 9.59 Å². The van der Waals surface area contributed by atoms with Crippen molar-refractivity contribution in [2.45, 2.75) is 6.92 Å². The Labute approximate surface area is 147 Å². The Balaban J connectivity index is 2.28. The van der Waals surface area contributed by atoms with Gasteiger partial charge in [0.1, 0.15) is 0 Å². The SMILES string of the molecule is COc1cc(C)c(C(=O)Nc2cccc(C(=O)N(C)C)c2)cc1OC. The van der Waals surface area contributed by atoms with Crippen molar-refractivity contribution in [3.05, 3.63) is 53.1 Å². The Kier molecular flexibility index (Phi) is 5.64. The van der Waals surface area contributed by atoms with Gasteiger partial charge in [0, 0.05) is 30.9 Å².